The van der Waals surface area contributed by atoms with Crippen LogP contribution in [-0.4, -0.2) is 29.5 Å². The molecule has 0 atom stereocenters. The lowest BCUT2D eigenvalue weighted by Crippen LogP contribution is -2.27. The molecular weight excluding hydrogens is 220 g/mol. The maximum absolute atomic E-state index is 8.49. The molecule has 98 valence electrons. The van der Waals surface area contributed by atoms with Gasteiger partial charge < -0.3 is 9.88 Å². The van der Waals surface area contributed by atoms with E-state index in [4.69, 9.17) is 5.48 Å². The Bertz CT molecular complexity index is 615. The topological polar surface area (TPSA) is 19.0 Å². The SMILES string of the molecule is [2H]C([2H])(c1c[nH]c2ccccc12)C([2H])([2H])N(CCC)CCC. The van der Waals surface area contributed by atoms with Crippen LogP contribution in [0.5, 0.6) is 0 Å². The van der Waals surface area contributed by atoms with Crippen LogP contribution in [0.3, 0.4) is 0 Å². The quantitative estimate of drug-likeness (QED) is 0.789. The van der Waals surface area contributed by atoms with Gasteiger partial charge in [0.2, 0.25) is 0 Å². The second-order valence-corrected chi connectivity index (χ2v) is 4.47. The molecule has 1 heterocycles. The van der Waals surface area contributed by atoms with Crippen LogP contribution in [0.4, 0.5) is 0 Å². The number of rotatable bonds is 7. The lowest BCUT2D eigenvalue weighted by atomic mass is 10.1. The second-order valence-electron chi connectivity index (χ2n) is 4.47. The van der Waals surface area contributed by atoms with Gasteiger partial charge in [-0.25, -0.2) is 0 Å². The summed E-state index contributed by atoms with van der Waals surface area (Å²) in [7, 11) is 0. The van der Waals surface area contributed by atoms with Crippen LogP contribution >= 0.6 is 0 Å². The molecule has 0 spiro atoms. The molecule has 0 radical (unpaired) electrons. The Kier molecular flexibility index (Phi) is 3.21. The van der Waals surface area contributed by atoms with Crippen molar-refractivity contribution >= 4 is 10.9 Å². The third-order valence-electron chi connectivity index (χ3n) is 2.92. The summed E-state index contributed by atoms with van der Waals surface area (Å²) in [5.74, 6) is 0. The van der Waals surface area contributed by atoms with E-state index in [0.717, 1.165) is 23.7 Å². The summed E-state index contributed by atoms with van der Waals surface area (Å²) < 4.78 is 33.9. The largest absolute Gasteiger partial charge is 0.361 e. The fourth-order valence-electron chi connectivity index (χ4n) is 2.08. The Hall–Kier alpha value is -1.28. The zero-order valence-corrected chi connectivity index (χ0v) is 11.2. The van der Waals surface area contributed by atoms with Crippen LogP contribution in [0.25, 0.3) is 10.9 Å². The van der Waals surface area contributed by atoms with E-state index in [0.29, 0.717) is 18.7 Å². The summed E-state index contributed by atoms with van der Waals surface area (Å²) in [4.78, 5) is 4.66. The van der Waals surface area contributed by atoms with Crippen molar-refractivity contribution in [3.8, 4) is 0 Å². The predicted octanol–water partition coefficient (Wildman–Crippen LogP) is 3.83. The van der Waals surface area contributed by atoms with E-state index in [9.17, 15) is 0 Å². The second kappa shape index (κ2) is 6.60. The van der Waals surface area contributed by atoms with Crippen molar-refractivity contribution in [2.45, 2.75) is 33.1 Å². The first-order chi connectivity index (χ1) is 10.4. The summed E-state index contributed by atoms with van der Waals surface area (Å²) in [6.07, 6.45) is 1.09. The van der Waals surface area contributed by atoms with Gasteiger partial charge in [0.25, 0.3) is 0 Å². The fraction of sp³-hybridized carbons (Fsp3) is 0.500. The Morgan fingerprint density at radius 3 is 2.61 bits per heavy atom. The minimum atomic E-state index is -2.10. The molecule has 1 N–H and O–H groups in total. The molecule has 1 aromatic heterocycles. The third kappa shape index (κ3) is 3.14. The van der Waals surface area contributed by atoms with E-state index >= 15 is 0 Å². The zero-order chi connectivity index (χ0) is 16.4. The standard InChI is InChI=1S/C16H24N2/c1-3-10-18(11-4-2)12-9-14-13-17-16-8-6-5-7-15(14)16/h5-8,13,17H,3-4,9-12H2,1-2H3/i9D2,12D2. The van der Waals surface area contributed by atoms with Gasteiger partial charge in [0.1, 0.15) is 0 Å². The van der Waals surface area contributed by atoms with E-state index < -0.39 is 12.9 Å². The molecule has 2 rings (SSSR count). The average molecular weight is 248 g/mol. The maximum Gasteiger partial charge on any atom is 0.0456 e. The van der Waals surface area contributed by atoms with Crippen LogP contribution in [0.2, 0.25) is 0 Å². The Balaban J connectivity index is 2.46. The summed E-state index contributed by atoms with van der Waals surface area (Å²) >= 11 is 0. The molecule has 2 heteroatoms. The first-order valence-electron chi connectivity index (χ1n) is 8.67. The average Bonchev–Trinajstić information content (AvgIpc) is 2.91. The van der Waals surface area contributed by atoms with Gasteiger partial charge >= 0.3 is 0 Å². The number of hydrogen-bond donors (Lipinski definition) is 1. The monoisotopic (exact) mass is 248 g/mol. The van der Waals surface area contributed by atoms with Gasteiger partial charge in [0.05, 0.1) is 0 Å². The van der Waals surface area contributed by atoms with Crippen molar-refractivity contribution in [1.29, 1.82) is 0 Å². The van der Waals surface area contributed by atoms with Crippen LogP contribution in [0.15, 0.2) is 30.5 Å². The molecule has 0 aliphatic carbocycles. The number of nitrogens with zero attached hydrogens (tertiary/aromatic N) is 1. The zero-order valence-electron chi connectivity index (χ0n) is 15.2. The smallest absolute Gasteiger partial charge is 0.0456 e. The Morgan fingerprint density at radius 2 is 1.89 bits per heavy atom. The highest BCUT2D eigenvalue weighted by Gasteiger charge is 2.06. The fourth-order valence-corrected chi connectivity index (χ4v) is 2.08. The van der Waals surface area contributed by atoms with E-state index in [-0.39, 0.29) is 0 Å². The van der Waals surface area contributed by atoms with Gasteiger partial charge in [-0.05, 0) is 43.9 Å². The molecular formula is C16H24N2. The summed E-state index contributed by atoms with van der Waals surface area (Å²) in [5, 5.41) is 0.740. The first-order valence-corrected chi connectivity index (χ1v) is 6.67. The lowest BCUT2D eigenvalue weighted by molar-refractivity contribution is 0.278. The van der Waals surface area contributed by atoms with E-state index in [1.807, 2.05) is 38.1 Å². The first kappa shape index (κ1) is 8.76. The lowest BCUT2D eigenvalue weighted by Gasteiger charge is -2.20. The number of aromatic nitrogens is 1. The van der Waals surface area contributed by atoms with Crippen molar-refractivity contribution in [1.82, 2.24) is 9.88 Å². The highest BCUT2D eigenvalue weighted by Crippen LogP contribution is 2.18. The normalized spacial score (nSPS) is 16.4. The molecule has 2 aromatic rings. The molecule has 0 fully saturated rings. The van der Waals surface area contributed by atoms with Gasteiger partial charge in [-0.1, -0.05) is 32.0 Å². The van der Waals surface area contributed by atoms with E-state index in [1.54, 1.807) is 11.1 Å². The Labute approximate surface area is 116 Å². The van der Waals surface area contributed by atoms with Gasteiger partial charge in [0.15, 0.2) is 0 Å². The number of aryl methyl sites for hydroxylation is 1. The predicted molar refractivity (Wildman–Crippen MR) is 79.0 cm³/mol. The van der Waals surface area contributed by atoms with Crippen molar-refractivity contribution in [3.05, 3.63) is 36.0 Å². The highest BCUT2D eigenvalue weighted by molar-refractivity contribution is 5.83. The molecule has 0 aliphatic rings. The minimum Gasteiger partial charge on any atom is -0.361 e. The van der Waals surface area contributed by atoms with Crippen molar-refractivity contribution < 1.29 is 5.48 Å². The summed E-state index contributed by atoms with van der Waals surface area (Å²) in [6.45, 7) is 3.00. The number of aromatic amines is 1. The molecule has 2 nitrogen and oxygen atoms in total. The van der Waals surface area contributed by atoms with Crippen LogP contribution < -0.4 is 0 Å². The number of nitrogens with one attached hydrogen (secondary N) is 1. The molecule has 18 heavy (non-hydrogen) atoms. The number of fused-ring (bicyclic) bond motifs is 1. The van der Waals surface area contributed by atoms with Crippen LogP contribution in [0, 0.1) is 0 Å². The van der Waals surface area contributed by atoms with Gasteiger partial charge in [-0.15, -0.1) is 0 Å². The van der Waals surface area contributed by atoms with Gasteiger partial charge in [0, 0.05) is 29.1 Å². The number of hydrogen-bond acceptors (Lipinski definition) is 1. The molecule has 0 saturated carbocycles. The Morgan fingerprint density at radius 1 is 1.17 bits per heavy atom. The van der Waals surface area contributed by atoms with Crippen molar-refractivity contribution in [2.75, 3.05) is 19.6 Å². The number of benzene rings is 1. The van der Waals surface area contributed by atoms with E-state index in [1.165, 1.54) is 0 Å². The highest BCUT2D eigenvalue weighted by atomic mass is 15.1. The van der Waals surface area contributed by atoms with E-state index in [2.05, 4.69) is 4.98 Å². The van der Waals surface area contributed by atoms with Crippen LogP contribution in [-0.2, 0) is 6.37 Å². The molecule has 0 unspecified atom stereocenters. The number of H-pyrrole nitrogens is 1. The van der Waals surface area contributed by atoms with Gasteiger partial charge in [-0.3, -0.25) is 0 Å². The summed E-state index contributed by atoms with van der Waals surface area (Å²) in [6, 6.07) is 7.44. The minimum absolute atomic E-state index is 0.380. The number of para-hydroxylation sites is 1. The molecule has 0 saturated heterocycles. The maximum atomic E-state index is 8.49. The summed E-state index contributed by atoms with van der Waals surface area (Å²) in [5.41, 5.74) is 1.21. The molecule has 0 amide bonds. The third-order valence-corrected chi connectivity index (χ3v) is 2.92. The molecule has 1 aromatic carbocycles. The van der Waals surface area contributed by atoms with Crippen molar-refractivity contribution in [3.63, 3.8) is 0 Å². The molecule has 0 aliphatic heterocycles. The molecule has 0 bridgehead atoms. The van der Waals surface area contributed by atoms with Crippen molar-refractivity contribution in [2.24, 2.45) is 0 Å². The van der Waals surface area contributed by atoms with Gasteiger partial charge in [-0.2, -0.15) is 0 Å². The van der Waals surface area contributed by atoms with Crippen LogP contribution in [0.1, 0.15) is 37.7 Å².